The summed E-state index contributed by atoms with van der Waals surface area (Å²) in [4.78, 5) is 19.6. The van der Waals surface area contributed by atoms with Crippen molar-refractivity contribution >= 4 is 22.5 Å². The molecule has 0 bridgehead atoms. The van der Waals surface area contributed by atoms with Gasteiger partial charge in [-0.2, -0.15) is 5.26 Å². The fraction of sp³-hybridized carbons (Fsp3) is 0.667. The Morgan fingerprint density at radius 2 is 2.18 bits per heavy atom. The van der Waals surface area contributed by atoms with Gasteiger partial charge in [0.2, 0.25) is 0 Å². The molecule has 22 heavy (non-hydrogen) atoms. The van der Waals surface area contributed by atoms with Gasteiger partial charge >= 0.3 is 6.03 Å². The van der Waals surface area contributed by atoms with Gasteiger partial charge in [0, 0.05) is 24.2 Å². The standard InChI is InChI=1S/C15H21N5OS/c16-10-18-12-6-7-20(9-12)15(21)19-14-17-8-13(22-14)11-4-2-1-3-5-11/h8,11-12,18H,1-7,9H2,(H,17,19,21)/t12-/m1/s1. The van der Waals surface area contributed by atoms with Crippen molar-refractivity contribution in [1.82, 2.24) is 15.2 Å². The van der Waals surface area contributed by atoms with Gasteiger partial charge in [-0.1, -0.05) is 19.3 Å². The molecule has 1 aromatic rings. The van der Waals surface area contributed by atoms with Crippen molar-refractivity contribution in [1.29, 1.82) is 5.26 Å². The molecule has 1 aliphatic heterocycles. The van der Waals surface area contributed by atoms with Gasteiger partial charge < -0.3 is 10.2 Å². The quantitative estimate of drug-likeness (QED) is 0.663. The molecular weight excluding hydrogens is 298 g/mol. The topological polar surface area (TPSA) is 81.0 Å². The molecule has 1 aliphatic carbocycles. The molecule has 1 saturated heterocycles. The van der Waals surface area contributed by atoms with E-state index in [0.29, 0.717) is 24.1 Å². The molecule has 2 heterocycles. The number of hydrogen-bond acceptors (Lipinski definition) is 5. The molecule has 6 nitrogen and oxygen atoms in total. The summed E-state index contributed by atoms with van der Waals surface area (Å²) >= 11 is 1.60. The van der Waals surface area contributed by atoms with Gasteiger partial charge in [-0.3, -0.25) is 5.32 Å². The lowest BCUT2D eigenvalue weighted by Gasteiger charge is -2.19. The number of aromatic nitrogens is 1. The molecule has 0 radical (unpaired) electrons. The molecule has 7 heteroatoms. The fourth-order valence-electron chi connectivity index (χ4n) is 3.24. The molecule has 118 valence electrons. The average Bonchev–Trinajstić information content (AvgIpc) is 3.18. The molecule has 0 spiro atoms. The third-order valence-electron chi connectivity index (χ3n) is 4.49. The summed E-state index contributed by atoms with van der Waals surface area (Å²) in [7, 11) is 0. The number of carbonyl (C=O) groups excluding carboxylic acids is 1. The summed E-state index contributed by atoms with van der Waals surface area (Å²) in [5.41, 5.74) is 0. The third-order valence-corrected chi connectivity index (χ3v) is 5.56. The lowest BCUT2D eigenvalue weighted by atomic mass is 9.89. The minimum Gasteiger partial charge on any atom is -0.322 e. The second-order valence-corrected chi connectivity index (χ2v) is 7.08. The largest absolute Gasteiger partial charge is 0.323 e. The van der Waals surface area contributed by atoms with Gasteiger partial charge in [0.1, 0.15) is 0 Å². The SMILES string of the molecule is N#CN[C@@H]1CCN(C(=O)Nc2ncc(C3CCCCC3)s2)C1. The summed E-state index contributed by atoms with van der Waals surface area (Å²) < 4.78 is 0. The van der Waals surface area contributed by atoms with Crippen molar-refractivity contribution in [2.24, 2.45) is 0 Å². The number of anilines is 1. The smallest absolute Gasteiger partial charge is 0.322 e. The molecule has 2 N–H and O–H groups in total. The van der Waals surface area contributed by atoms with Crippen LogP contribution >= 0.6 is 11.3 Å². The highest BCUT2D eigenvalue weighted by atomic mass is 32.1. The second kappa shape index (κ2) is 6.97. The first-order valence-electron chi connectivity index (χ1n) is 7.92. The highest BCUT2D eigenvalue weighted by Gasteiger charge is 2.26. The van der Waals surface area contributed by atoms with Crippen LogP contribution in [-0.4, -0.2) is 35.0 Å². The first-order valence-corrected chi connectivity index (χ1v) is 8.74. The van der Waals surface area contributed by atoms with E-state index < -0.39 is 0 Å². The minimum atomic E-state index is -0.119. The van der Waals surface area contributed by atoms with E-state index in [9.17, 15) is 4.79 Å². The van der Waals surface area contributed by atoms with Crippen molar-refractivity contribution in [3.63, 3.8) is 0 Å². The molecule has 0 unspecified atom stereocenters. The van der Waals surface area contributed by atoms with Crippen LogP contribution in [0, 0.1) is 11.5 Å². The Morgan fingerprint density at radius 3 is 2.95 bits per heavy atom. The predicted octanol–water partition coefficient (Wildman–Crippen LogP) is 2.87. The molecule has 1 atom stereocenters. The molecule has 1 saturated carbocycles. The van der Waals surface area contributed by atoms with Crippen molar-refractivity contribution in [3.05, 3.63) is 11.1 Å². The highest BCUT2D eigenvalue weighted by Crippen LogP contribution is 2.36. The van der Waals surface area contributed by atoms with E-state index in [0.717, 1.165) is 6.42 Å². The van der Waals surface area contributed by atoms with Gasteiger partial charge in [0.05, 0.1) is 6.04 Å². The summed E-state index contributed by atoms with van der Waals surface area (Å²) in [6.07, 6.45) is 11.1. The highest BCUT2D eigenvalue weighted by molar-refractivity contribution is 7.15. The van der Waals surface area contributed by atoms with Crippen LogP contribution < -0.4 is 10.6 Å². The molecule has 0 aromatic carbocycles. The third kappa shape index (κ3) is 3.50. The van der Waals surface area contributed by atoms with Crippen LogP contribution in [0.3, 0.4) is 0 Å². The maximum atomic E-state index is 12.2. The Morgan fingerprint density at radius 1 is 1.36 bits per heavy atom. The summed E-state index contributed by atoms with van der Waals surface area (Å²) in [6.45, 7) is 1.24. The minimum absolute atomic E-state index is 0.0739. The zero-order valence-electron chi connectivity index (χ0n) is 12.5. The van der Waals surface area contributed by atoms with E-state index in [4.69, 9.17) is 5.26 Å². The fourth-order valence-corrected chi connectivity index (χ4v) is 4.22. The van der Waals surface area contributed by atoms with Crippen LogP contribution in [0.4, 0.5) is 9.93 Å². The first kappa shape index (κ1) is 15.1. The van der Waals surface area contributed by atoms with E-state index in [1.165, 1.54) is 37.0 Å². The Labute approximate surface area is 134 Å². The van der Waals surface area contributed by atoms with Gasteiger partial charge in [-0.15, -0.1) is 11.3 Å². The molecule has 2 amide bonds. The Kier molecular flexibility index (Phi) is 4.78. The molecule has 2 fully saturated rings. The molecule has 3 rings (SSSR count). The normalized spacial score (nSPS) is 22.3. The molecule has 2 aliphatic rings. The lowest BCUT2D eigenvalue weighted by molar-refractivity contribution is 0.221. The van der Waals surface area contributed by atoms with Crippen molar-refractivity contribution < 1.29 is 4.79 Å². The van der Waals surface area contributed by atoms with Crippen LogP contribution in [0.5, 0.6) is 0 Å². The first-order chi connectivity index (χ1) is 10.8. The number of hydrogen-bond donors (Lipinski definition) is 2. The van der Waals surface area contributed by atoms with Gasteiger partial charge in [0.15, 0.2) is 11.3 Å². The second-order valence-electron chi connectivity index (χ2n) is 6.02. The summed E-state index contributed by atoms with van der Waals surface area (Å²) in [6, 6.07) is -0.0448. The summed E-state index contributed by atoms with van der Waals surface area (Å²) in [5, 5.41) is 14.9. The van der Waals surface area contributed by atoms with Crippen molar-refractivity contribution in [2.75, 3.05) is 18.4 Å². The van der Waals surface area contributed by atoms with Crippen LogP contribution in [0.2, 0.25) is 0 Å². The average molecular weight is 319 g/mol. The van der Waals surface area contributed by atoms with E-state index in [-0.39, 0.29) is 12.1 Å². The van der Waals surface area contributed by atoms with Crippen molar-refractivity contribution in [3.8, 4) is 6.19 Å². The van der Waals surface area contributed by atoms with Crippen LogP contribution in [-0.2, 0) is 0 Å². The Bertz CT molecular complexity index is 561. The number of nitrogens with one attached hydrogen (secondary N) is 2. The van der Waals surface area contributed by atoms with E-state index in [1.54, 1.807) is 16.2 Å². The zero-order valence-corrected chi connectivity index (χ0v) is 13.4. The molecule has 1 aromatic heterocycles. The maximum absolute atomic E-state index is 12.2. The van der Waals surface area contributed by atoms with E-state index in [2.05, 4.69) is 15.6 Å². The van der Waals surface area contributed by atoms with Gasteiger partial charge in [-0.05, 0) is 25.2 Å². The Balaban J connectivity index is 1.54. The van der Waals surface area contributed by atoms with Crippen LogP contribution in [0.15, 0.2) is 6.20 Å². The van der Waals surface area contributed by atoms with Crippen LogP contribution in [0.25, 0.3) is 0 Å². The van der Waals surface area contributed by atoms with Crippen LogP contribution in [0.1, 0.15) is 49.3 Å². The number of rotatable bonds is 3. The number of nitrogens with zero attached hydrogens (tertiary/aromatic N) is 3. The summed E-state index contributed by atoms with van der Waals surface area (Å²) in [5.74, 6) is 0.618. The van der Waals surface area contributed by atoms with Gasteiger partial charge in [0.25, 0.3) is 0 Å². The van der Waals surface area contributed by atoms with Crippen molar-refractivity contribution in [2.45, 2.75) is 50.5 Å². The number of likely N-dealkylation sites (tertiary alicyclic amines) is 1. The molecular formula is C15H21N5OS. The zero-order chi connectivity index (χ0) is 15.4. The van der Waals surface area contributed by atoms with Gasteiger partial charge in [-0.25, -0.2) is 9.78 Å². The number of carbonyl (C=O) groups is 1. The number of amides is 2. The van der Waals surface area contributed by atoms with E-state index >= 15 is 0 Å². The Hall–Kier alpha value is -1.81. The lowest BCUT2D eigenvalue weighted by Crippen LogP contribution is -2.36. The van der Waals surface area contributed by atoms with E-state index in [1.807, 2.05) is 12.4 Å². The monoisotopic (exact) mass is 319 g/mol. The number of nitriles is 1. The predicted molar refractivity (Wildman–Crippen MR) is 85.7 cm³/mol. The number of thiazole rings is 1. The maximum Gasteiger partial charge on any atom is 0.323 e. The number of urea groups is 1.